The summed E-state index contributed by atoms with van der Waals surface area (Å²) < 4.78 is 27.8. The van der Waals surface area contributed by atoms with Crippen LogP contribution in [0.4, 0.5) is 11.4 Å². The Morgan fingerprint density at radius 2 is 1.93 bits per heavy atom. The van der Waals surface area contributed by atoms with Gasteiger partial charge in [-0.3, -0.25) is 4.79 Å². The monoisotopic (exact) mass is 447 g/mol. The third-order valence-electron chi connectivity index (χ3n) is 4.70. The molecule has 0 spiro atoms. The van der Waals surface area contributed by atoms with Crippen LogP contribution in [0.25, 0.3) is 0 Å². The number of amides is 1. The molecule has 0 atom stereocenters. The van der Waals surface area contributed by atoms with E-state index >= 15 is 0 Å². The number of nitrogens with one attached hydrogen (secondary N) is 1. The molecule has 152 valence electrons. The van der Waals surface area contributed by atoms with Crippen molar-refractivity contribution in [2.24, 2.45) is 4.99 Å². The first-order chi connectivity index (χ1) is 14.0. The van der Waals surface area contributed by atoms with Gasteiger partial charge in [-0.15, -0.1) is 0 Å². The maximum Gasteiger partial charge on any atom is 0.243 e. The number of nitrogens with zero attached hydrogens (tertiary/aromatic N) is 2. The van der Waals surface area contributed by atoms with Crippen LogP contribution in [0.1, 0.15) is 18.4 Å². The molecule has 0 saturated carbocycles. The summed E-state index contributed by atoms with van der Waals surface area (Å²) >= 11 is 3.02. The van der Waals surface area contributed by atoms with Gasteiger partial charge in [-0.1, -0.05) is 47.8 Å². The van der Waals surface area contributed by atoms with E-state index in [1.165, 1.54) is 27.7 Å². The van der Waals surface area contributed by atoms with Gasteiger partial charge in [0.2, 0.25) is 15.9 Å². The van der Waals surface area contributed by atoms with Crippen LogP contribution >= 0.6 is 23.5 Å². The van der Waals surface area contributed by atoms with E-state index in [1.807, 2.05) is 18.2 Å². The van der Waals surface area contributed by atoms with Crippen molar-refractivity contribution in [3.63, 3.8) is 0 Å². The summed E-state index contributed by atoms with van der Waals surface area (Å²) in [5.41, 5.74) is 2.63. The van der Waals surface area contributed by atoms with E-state index in [1.54, 1.807) is 30.0 Å². The SMILES string of the molecule is O=C(CSC1=Nc2ccccc2CS1)Nc1cccc(S(=O)(=O)N2CCCC2)c1. The van der Waals surface area contributed by atoms with E-state index in [0.717, 1.165) is 28.7 Å². The summed E-state index contributed by atoms with van der Waals surface area (Å²) in [7, 11) is -3.50. The largest absolute Gasteiger partial charge is 0.325 e. The molecule has 2 aromatic carbocycles. The molecule has 1 fully saturated rings. The van der Waals surface area contributed by atoms with E-state index < -0.39 is 10.0 Å². The van der Waals surface area contributed by atoms with Crippen LogP contribution in [-0.4, -0.2) is 41.8 Å². The second kappa shape index (κ2) is 8.91. The van der Waals surface area contributed by atoms with E-state index in [4.69, 9.17) is 0 Å². The van der Waals surface area contributed by atoms with Gasteiger partial charge in [0.25, 0.3) is 0 Å². The van der Waals surface area contributed by atoms with Crippen LogP contribution in [0.3, 0.4) is 0 Å². The maximum absolute atomic E-state index is 12.7. The fraction of sp³-hybridized carbons (Fsp3) is 0.300. The van der Waals surface area contributed by atoms with E-state index in [9.17, 15) is 13.2 Å². The second-order valence-electron chi connectivity index (χ2n) is 6.77. The molecular weight excluding hydrogens is 426 g/mol. The number of rotatable bonds is 5. The number of aliphatic imine (C=N–C) groups is 1. The third-order valence-corrected chi connectivity index (χ3v) is 8.84. The van der Waals surface area contributed by atoms with Gasteiger partial charge >= 0.3 is 0 Å². The predicted octanol–water partition coefficient (Wildman–Crippen LogP) is 4.08. The minimum atomic E-state index is -3.50. The average molecular weight is 448 g/mol. The highest BCUT2D eigenvalue weighted by Crippen LogP contribution is 2.34. The van der Waals surface area contributed by atoms with Crippen molar-refractivity contribution in [1.29, 1.82) is 0 Å². The standard InChI is InChI=1S/C20H21N3O3S3/c24-19(14-28-20-22-18-9-2-1-6-15(18)13-27-20)21-16-7-5-8-17(12-16)29(25,26)23-10-3-4-11-23/h1-2,5-9,12H,3-4,10-11,13-14H2,(H,21,24). The highest BCUT2D eigenvalue weighted by atomic mass is 32.2. The summed E-state index contributed by atoms with van der Waals surface area (Å²) in [5.74, 6) is 0.879. The molecule has 4 rings (SSSR count). The topological polar surface area (TPSA) is 78.8 Å². The lowest BCUT2D eigenvalue weighted by Crippen LogP contribution is -2.28. The highest BCUT2D eigenvalue weighted by Gasteiger charge is 2.27. The average Bonchev–Trinajstić information content (AvgIpc) is 3.28. The van der Waals surface area contributed by atoms with E-state index in [2.05, 4.69) is 16.4 Å². The molecule has 2 aromatic rings. The molecule has 2 aliphatic heterocycles. The number of carbonyl (C=O) groups is 1. The van der Waals surface area contributed by atoms with Crippen molar-refractivity contribution in [1.82, 2.24) is 4.31 Å². The first-order valence-electron chi connectivity index (χ1n) is 9.35. The molecule has 0 aromatic heterocycles. The molecule has 1 saturated heterocycles. The summed E-state index contributed by atoms with van der Waals surface area (Å²) in [4.78, 5) is 17.2. The molecule has 29 heavy (non-hydrogen) atoms. The van der Waals surface area contributed by atoms with Crippen molar-refractivity contribution >= 4 is 55.2 Å². The van der Waals surface area contributed by atoms with Crippen molar-refractivity contribution in [2.45, 2.75) is 23.5 Å². The van der Waals surface area contributed by atoms with Crippen molar-refractivity contribution < 1.29 is 13.2 Å². The molecule has 2 aliphatic rings. The van der Waals surface area contributed by atoms with Crippen molar-refractivity contribution in [2.75, 3.05) is 24.2 Å². The van der Waals surface area contributed by atoms with Crippen LogP contribution < -0.4 is 5.32 Å². The number of anilines is 1. The Kier molecular flexibility index (Phi) is 6.29. The lowest BCUT2D eigenvalue weighted by atomic mass is 10.2. The minimum Gasteiger partial charge on any atom is -0.325 e. The van der Waals surface area contributed by atoms with Crippen LogP contribution in [-0.2, 0) is 20.6 Å². The van der Waals surface area contributed by atoms with Gasteiger partial charge in [-0.25, -0.2) is 13.4 Å². The smallest absolute Gasteiger partial charge is 0.243 e. The molecular formula is C20H21N3O3S3. The second-order valence-corrected chi connectivity index (χ2v) is 10.9. The summed E-state index contributed by atoms with van der Waals surface area (Å²) in [5, 5.41) is 2.80. The molecule has 9 heteroatoms. The van der Waals surface area contributed by atoms with Gasteiger partial charge in [0.15, 0.2) is 0 Å². The first-order valence-corrected chi connectivity index (χ1v) is 12.8. The van der Waals surface area contributed by atoms with Crippen molar-refractivity contribution in [3.05, 3.63) is 54.1 Å². The van der Waals surface area contributed by atoms with Gasteiger partial charge in [0.1, 0.15) is 4.38 Å². The Morgan fingerprint density at radius 3 is 2.76 bits per heavy atom. The minimum absolute atomic E-state index is 0.187. The first kappa shape index (κ1) is 20.5. The van der Waals surface area contributed by atoms with Gasteiger partial charge < -0.3 is 5.32 Å². The fourth-order valence-electron chi connectivity index (χ4n) is 3.22. The maximum atomic E-state index is 12.7. The Labute approximate surface area is 179 Å². The number of thioether (sulfide) groups is 2. The summed E-state index contributed by atoms with van der Waals surface area (Å²) in [6, 6.07) is 14.4. The fourth-order valence-corrected chi connectivity index (χ4v) is 6.65. The summed E-state index contributed by atoms with van der Waals surface area (Å²) in [6.07, 6.45) is 1.78. The number of hydrogen-bond acceptors (Lipinski definition) is 6. The molecule has 0 bridgehead atoms. The number of hydrogen-bond donors (Lipinski definition) is 1. The van der Waals surface area contributed by atoms with E-state index in [-0.39, 0.29) is 16.6 Å². The molecule has 2 heterocycles. The lowest BCUT2D eigenvalue weighted by molar-refractivity contribution is -0.113. The molecule has 0 unspecified atom stereocenters. The zero-order valence-corrected chi connectivity index (χ0v) is 18.2. The number of sulfonamides is 1. The van der Waals surface area contributed by atoms with Crippen LogP contribution in [0.5, 0.6) is 0 Å². The quantitative estimate of drug-likeness (QED) is 0.747. The molecule has 1 amide bonds. The third kappa shape index (κ3) is 4.85. The number of fused-ring (bicyclic) bond motifs is 1. The molecule has 1 N–H and O–H groups in total. The lowest BCUT2D eigenvalue weighted by Gasteiger charge is -2.16. The van der Waals surface area contributed by atoms with Crippen LogP contribution in [0, 0.1) is 0 Å². The number of carbonyl (C=O) groups excluding carboxylic acids is 1. The van der Waals surface area contributed by atoms with Crippen molar-refractivity contribution in [3.8, 4) is 0 Å². The van der Waals surface area contributed by atoms with Gasteiger partial charge in [0.05, 0.1) is 16.3 Å². The van der Waals surface area contributed by atoms with Crippen LogP contribution in [0.15, 0.2) is 58.4 Å². The Morgan fingerprint density at radius 1 is 1.14 bits per heavy atom. The van der Waals surface area contributed by atoms with E-state index in [0.29, 0.717) is 18.8 Å². The normalized spacial score (nSPS) is 16.9. The molecule has 0 aliphatic carbocycles. The molecule has 6 nitrogen and oxygen atoms in total. The van der Waals surface area contributed by atoms with Gasteiger partial charge in [-0.05, 0) is 42.7 Å². The molecule has 0 radical (unpaired) electrons. The predicted molar refractivity (Wildman–Crippen MR) is 120 cm³/mol. The highest BCUT2D eigenvalue weighted by molar-refractivity contribution is 8.38. The van der Waals surface area contributed by atoms with Crippen LogP contribution in [0.2, 0.25) is 0 Å². The van der Waals surface area contributed by atoms with Gasteiger partial charge in [0, 0.05) is 24.5 Å². The summed E-state index contributed by atoms with van der Waals surface area (Å²) in [6.45, 7) is 1.11. The van der Waals surface area contributed by atoms with Gasteiger partial charge in [-0.2, -0.15) is 4.31 Å². The Hall–Kier alpha value is -1.81. The zero-order chi connectivity index (χ0) is 20.3. The number of benzene rings is 2. The zero-order valence-electron chi connectivity index (χ0n) is 15.7. The number of para-hydroxylation sites is 1. The Balaban J connectivity index is 1.37. The Bertz CT molecular complexity index is 1050.